The van der Waals surface area contributed by atoms with Gasteiger partial charge in [-0.3, -0.25) is 0 Å². The van der Waals surface area contributed by atoms with E-state index in [0.717, 1.165) is 11.8 Å². The van der Waals surface area contributed by atoms with Crippen LogP contribution >= 0.6 is 0 Å². The fourth-order valence-electron chi connectivity index (χ4n) is 3.24. The van der Waals surface area contributed by atoms with E-state index in [0.29, 0.717) is 5.41 Å². The Morgan fingerprint density at radius 3 is 1.78 bits per heavy atom. The molecule has 110 valence electrons. The lowest BCUT2D eigenvalue weighted by Gasteiger charge is -2.40. The van der Waals surface area contributed by atoms with E-state index in [-0.39, 0.29) is 0 Å². The lowest BCUT2D eigenvalue weighted by molar-refractivity contribution is 0.0985. The minimum atomic E-state index is 0.583. The van der Waals surface area contributed by atoms with Gasteiger partial charge in [-0.1, -0.05) is 92.9 Å². The summed E-state index contributed by atoms with van der Waals surface area (Å²) in [5, 5.41) is 0. The topological polar surface area (TPSA) is 0 Å². The van der Waals surface area contributed by atoms with Crippen LogP contribution in [0.4, 0.5) is 0 Å². The molecule has 2 unspecified atom stereocenters. The van der Waals surface area contributed by atoms with Gasteiger partial charge in [0.2, 0.25) is 0 Å². The van der Waals surface area contributed by atoms with Crippen LogP contribution in [0.1, 0.15) is 99.3 Å². The van der Waals surface area contributed by atoms with Crippen molar-refractivity contribution in [3.63, 3.8) is 0 Å². The summed E-state index contributed by atoms with van der Waals surface area (Å²) < 4.78 is 0. The summed E-state index contributed by atoms with van der Waals surface area (Å²) in [7, 11) is 0. The third-order valence-corrected chi connectivity index (χ3v) is 4.98. The third-order valence-electron chi connectivity index (χ3n) is 4.98. The van der Waals surface area contributed by atoms with Gasteiger partial charge in [0.25, 0.3) is 0 Å². The smallest absolute Gasteiger partial charge is 0.0326 e. The van der Waals surface area contributed by atoms with Gasteiger partial charge in [0.05, 0.1) is 0 Å². The molecule has 0 heteroatoms. The van der Waals surface area contributed by atoms with Crippen LogP contribution in [0.25, 0.3) is 0 Å². The van der Waals surface area contributed by atoms with Gasteiger partial charge in [-0.2, -0.15) is 0 Å². The predicted octanol–water partition coefficient (Wildman–Crippen LogP) is 6.84. The molecule has 0 bridgehead atoms. The quantitative estimate of drug-likeness (QED) is 0.471. The van der Waals surface area contributed by atoms with Crippen LogP contribution in [0.3, 0.4) is 0 Å². The van der Waals surface area contributed by atoms with Gasteiger partial charge < -0.3 is 0 Å². The highest BCUT2D eigenvalue weighted by Gasteiger charge is 2.33. The average molecular weight is 255 g/mol. The van der Waals surface area contributed by atoms with Gasteiger partial charge >= 0.3 is 0 Å². The summed E-state index contributed by atoms with van der Waals surface area (Å²) in [6, 6.07) is 0. The summed E-state index contributed by atoms with van der Waals surface area (Å²) in [5.74, 6) is 1.95. The van der Waals surface area contributed by atoms with Crippen LogP contribution in [0.5, 0.6) is 0 Å². The van der Waals surface area contributed by atoms with Gasteiger partial charge in [-0.25, -0.2) is 0 Å². The van der Waals surface area contributed by atoms with Crippen molar-refractivity contribution < 1.29 is 0 Å². The molecular formula is C18H38. The standard InChI is InChI=1S/C12H24.C6H14/c1-5-12(3,4)11-9-7-6-8-10(11)2;1-3-5-6-4-2/h10-11H,5-9H2,1-4H3;3-6H2,1-2H3. The Morgan fingerprint density at radius 1 is 0.889 bits per heavy atom. The highest BCUT2D eigenvalue weighted by Crippen LogP contribution is 2.43. The molecule has 18 heavy (non-hydrogen) atoms. The van der Waals surface area contributed by atoms with Crippen molar-refractivity contribution in [2.45, 2.75) is 99.3 Å². The molecule has 1 saturated carbocycles. The zero-order valence-electron chi connectivity index (χ0n) is 14.0. The van der Waals surface area contributed by atoms with Crippen molar-refractivity contribution in [1.29, 1.82) is 0 Å². The van der Waals surface area contributed by atoms with E-state index in [4.69, 9.17) is 0 Å². The maximum atomic E-state index is 2.45. The van der Waals surface area contributed by atoms with E-state index in [9.17, 15) is 0 Å². The summed E-state index contributed by atoms with van der Waals surface area (Å²) in [5.41, 5.74) is 0.583. The third kappa shape index (κ3) is 6.81. The van der Waals surface area contributed by atoms with Crippen molar-refractivity contribution in [2.24, 2.45) is 17.3 Å². The van der Waals surface area contributed by atoms with E-state index in [1.807, 2.05) is 0 Å². The normalized spacial score (nSPS) is 24.3. The van der Waals surface area contributed by atoms with Crippen molar-refractivity contribution >= 4 is 0 Å². The summed E-state index contributed by atoms with van der Waals surface area (Å²) >= 11 is 0. The summed E-state index contributed by atoms with van der Waals surface area (Å²) in [6.45, 7) is 14.1. The van der Waals surface area contributed by atoms with E-state index >= 15 is 0 Å². The highest BCUT2D eigenvalue weighted by atomic mass is 14.4. The van der Waals surface area contributed by atoms with Crippen LogP contribution in [0, 0.1) is 17.3 Å². The second-order valence-corrected chi connectivity index (χ2v) is 6.92. The van der Waals surface area contributed by atoms with Crippen LogP contribution < -0.4 is 0 Å². The van der Waals surface area contributed by atoms with E-state index in [2.05, 4.69) is 41.5 Å². The molecule has 2 atom stereocenters. The van der Waals surface area contributed by atoms with Gasteiger partial charge in [0, 0.05) is 0 Å². The first kappa shape index (κ1) is 18.0. The first-order chi connectivity index (χ1) is 8.49. The van der Waals surface area contributed by atoms with E-state index < -0.39 is 0 Å². The fourth-order valence-corrected chi connectivity index (χ4v) is 3.24. The molecule has 0 radical (unpaired) electrons. The minimum absolute atomic E-state index is 0.583. The molecule has 1 rings (SSSR count). The lowest BCUT2D eigenvalue weighted by Crippen LogP contribution is -2.31. The molecule has 0 N–H and O–H groups in total. The SMILES string of the molecule is CCC(C)(C)C1CCCCC1C.CCCCCC. The molecule has 0 nitrogen and oxygen atoms in total. The number of hydrogen-bond donors (Lipinski definition) is 0. The maximum Gasteiger partial charge on any atom is -0.0326 e. The Morgan fingerprint density at radius 2 is 1.39 bits per heavy atom. The molecule has 0 aliphatic heterocycles. The minimum Gasteiger partial charge on any atom is -0.0654 e. The maximum absolute atomic E-state index is 2.45. The summed E-state index contributed by atoms with van der Waals surface area (Å²) in [4.78, 5) is 0. The highest BCUT2D eigenvalue weighted by molar-refractivity contribution is 4.83. The zero-order chi connectivity index (χ0) is 14.0. The van der Waals surface area contributed by atoms with Crippen LogP contribution in [0.15, 0.2) is 0 Å². The second-order valence-electron chi connectivity index (χ2n) is 6.92. The molecule has 0 heterocycles. The van der Waals surface area contributed by atoms with Gasteiger partial charge in [0.1, 0.15) is 0 Å². The molecule has 0 amide bonds. The van der Waals surface area contributed by atoms with Gasteiger partial charge in [-0.15, -0.1) is 0 Å². The Hall–Kier alpha value is 0. The number of unbranched alkanes of at least 4 members (excludes halogenated alkanes) is 3. The molecule has 0 saturated heterocycles. The molecular weight excluding hydrogens is 216 g/mol. The van der Waals surface area contributed by atoms with Crippen molar-refractivity contribution in [1.82, 2.24) is 0 Å². The van der Waals surface area contributed by atoms with Crippen molar-refractivity contribution in [3.05, 3.63) is 0 Å². The van der Waals surface area contributed by atoms with Crippen molar-refractivity contribution in [2.75, 3.05) is 0 Å². The molecule has 1 fully saturated rings. The number of rotatable bonds is 5. The molecule has 0 spiro atoms. The Bertz CT molecular complexity index is 176. The molecule has 0 aromatic heterocycles. The Kier molecular flexibility index (Phi) is 9.87. The van der Waals surface area contributed by atoms with Crippen molar-refractivity contribution in [3.8, 4) is 0 Å². The van der Waals surface area contributed by atoms with E-state index in [1.165, 1.54) is 57.8 Å². The number of hydrogen-bond acceptors (Lipinski definition) is 0. The Labute approximate surface area is 117 Å². The average Bonchev–Trinajstić information content (AvgIpc) is 2.37. The first-order valence-electron chi connectivity index (χ1n) is 8.49. The van der Waals surface area contributed by atoms with Crippen LogP contribution in [-0.4, -0.2) is 0 Å². The van der Waals surface area contributed by atoms with Crippen LogP contribution in [-0.2, 0) is 0 Å². The largest absolute Gasteiger partial charge is 0.0654 e. The fraction of sp³-hybridized carbons (Fsp3) is 1.00. The van der Waals surface area contributed by atoms with Gasteiger partial charge in [-0.05, 0) is 23.7 Å². The lowest BCUT2D eigenvalue weighted by atomic mass is 9.65. The molecule has 1 aliphatic rings. The molecule has 0 aromatic rings. The molecule has 0 aromatic carbocycles. The summed E-state index contributed by atoms with van der Waals surface area (Å²) in [6.07, 6.45) is 12.8. The van der Waals surface area contributed by atoms with Crippen LogP contribution in [0.2, 0.25) is 0 Å². The molecule has 1 aliphatic carbocycles. The zero-order valence-corrected chi connectivity index (χ0v) is 14.0. The van der Waals surface area contributed by atoms with Gasteiger partial charge in [0.15, 0.2) is 0 Å². The first-order valence-corrected chi connectivity index (χ1v) is 8.49. The Balaban J connectivity index is 0.000000411. The van der Waals surface area contributed by atoms with E-state index in [1.54, 1.807) is 0 Å². The second kappa shape index (κ2) is 9.87. The predicted molar refractivity (Wildman–Crippen MR) is 85.0 cm³/mol. The monoisotopic (exact) mass is 254 g/mol.